The van der Waals surface area contributed by atoms with Gasteiger partial charge in [-0.25, -0.2) is 0 Å². The van der Waals surface area contributed by atoms with Crippen molar-refractivity contribution in [2.45, 2.75) is 170 Å². The average molecular weight is 1250 g/mol. The normalized spacial score (nSPS) is 20.5. The van der Waals surface area contributed by atoms with Gasteiger partial charge in [0.15, 0.2) is 0 Å². The van der Waals surface area contributed by atoms with Gasteiger partial charge in [-0.15, -0.1) is 0 Å². The number of benzene rings is 3. The van der Waals surface area contributed by atoms with Gasteiger partial charge < -0.3 is 74.5 Å². The highest BCUT2D eigenvalue weighted by Crippen LogP contribution is 2.55. The number of phenolic OH excluding ortho intramolecular Hbond substituents is 1. The molecule has 4 bridgehead atoms. The fraction of sp³-hybridized carbons (Fsp3) is 0.540. The van der Waals surface area contributed by atoms with E-state index in [0.29, 0.717) is 36.9 Å². The van der Waals surface area contributed by atoms with Crippen LogP contribution in [-0.4, -0.2) is 153 Å². The second-order valence-electron chi connectivity index (χ2n) is 24.0. The van der Waals surface area contributed by atoms with Gasteiger partial charge in [-0.05, 0) is 143 Å². The lowest BCUT2D eigenvalue weighted by molar-refractivity contribution is -0.135. The maximum atomic E-state index is 14.9. The van der Waals surface area contributed by atoms with E-state index in [9.17, 15) is 53.4 Å². The van der Waals surface area contributed by atoms with Crippen LogP contribution in [0.5, 0.6) is 5.75 Å². The number of fused-ring (bicyclic) bond motifs is 1. The Morgan fingerprint density at radius 2 is 1.07 bits per heavy atom. The first-order valence-electron chi connectivity index (χ1n) is 30.6. The molecule has 0 aliphatic heterocycles. The first-order valence-corrected chi connectivity index (χ1v) is 31.9. The zero-order valence-electron chi connectivity index (χ0n) is 50.1. The largest absolute Gasteiger partial charge is 0.508 e. The monoisotopic (exact) mass is 1250 g/mol. The van der Waals surface area contributed by atoms with Gasteiger partial charge in [0.25, 0.3) is 0 Å². The summed E-state index contributed by atoms with van der Waals surface area (Å²) in [5.74, 6) is -5.05. The van der Waals surface area contributed by atoms with E-state index >= 15 is 0 Å². The Kier molecular flexibility index (Phi) is 25.5. The zero-order chi connectivity index (χ0) is 63.5. The maximum absolute atomic E-state index is 14.9. The third kappa shape index (κ3) is 19.4. The Balaban J connectivity index is 1.07. The number of aliphatic hydroxyl groups is 1. The third-order valence-corrected chi connectivity index (χ3v) is 17.9. The number of phenols is 1. The number of rotatable bonds is 35. The van der Waals surface area contributed by atoms with Crippen molar-refractivity contribution in [3.05, 3.63) is 102 Å². The van der Waals surface area contributed by atoms with Crippen LogP contribution in [0, 0.1) is 17.8 Å². The summed E-state index contributed by atoms with van der Waals surface area (Å²) in [4.78, 5) is 128. The molecular formula is C63H88N12O11S2. The van der Waals surface area contributed by atoms with Crippen LogP contribution in [0.2, 0.25) is 0 Å². The van der Waals surface area contributed by atoms with Crippen LogP contribution < -0.4 is 59.3 Å². The van der Waals surface area contributed by atoms with Gasteiger partial charge >= 0.3 is 0 Å². The molecule has 9 atom stereocenters. The number of aromatic amines is 1. The Bertz CT molecular complexity index is 3010. The second kappa shape index (κ2) is 32.9. The summed E-state index contributed by atoms with van der Waals surface area (Å²) in [6, 6.07) is 11.8. The highest BCUT2D eigenvalue weighted by molar-refractivity contribution is 7.80. The van der Waals surface area contributed by atoms with Crippen LogP contribution in [0.25, 0.3) is 10.9 Å². The number of nitrogens with one attached hydrogen (secondary N) is 10. The molecule has 1 heterocycles. The first kappa shape index (κ1) is 68.3. The zero-order valence-corrected chi connectivity index (χ0v) is 51.9. The summed E-state index contributed by atoms with van der Waals surface area (Å²) in [5.41, 5.74) is 14.0. The van der Waals surface area contributed by atoms with Crippen molar-refractivity contribution >= 4 is 89.3 Å². The van der Waals surface area contributed by atoms with Crippen molar-refractivity contribution in [3.63, 3.8) is 0 Å². The average Bonchev–Trinajstić information content (AvgIpc) is 1.02. The van der Waals surface area contributed by atoms with Crippen LogP contribution in [0.3, 0.4) is 0 Å². The molecule has 478 valence electrons. The number of nitrogens with two attached hydrogens (primary N) is 2. The van der Waals surface area contributed by atoms with Gasteiger partial charge in [0.1, 0.15) is 54.1 Å². The van der Waals surface area contributed by atoms with E-state index in [1.165, 1.54) is 57.6 Å². The number of aromatic hydroxyl groups is 1. The van der Waals surface area contributed by atoms with Crippen molar-refractivity contribution in [3.8, 4) is 5.75 Å². The fourth-order valence-electron chi connectivity index (χ4n) is 12.9. The SMILES string of the molecule is CC[C@H](NC(=O)[C@H](CCCCN)NC(=O)[C@@H](Cc1c[nH]c2ccccc12)NC(=O)[C@H](Cc1ccc(O)cc1)NC(=O)[C@H](CS)NC(=O)[C@@H](Cc1ccccc1)NC(=O)CCCNC12CC3CC(CC(C3)C1)C2)C(=O)N[C@@H](CS)C(=O)N[C@H](C(N)=O)[C@@H](C)O. The van der Waals surface area contributed by atoms with Gasteiger partial charge in [0, 0.05) is 59.8 Å². The van der Waals surface area contributed by atoms with Crippen molar-refractivity contribution in [1.29, 1.82) is 0 Å². The van der Waals surface area contributed by atoms with Gasteiger partial charge in [0.2, 0.25) is 53.2 Å². The quantitative estimate of drug-likeness (QED) is 0.0229. The Morgan fingerprint density at radius 1 is 0.591 bits per heavy atom. The number of para-hydroxylation sites is 1. The third-order valence-electron chi connectivity index (χ3n) is 17.1. The number of aromatic nitrogens is 1. The van der Waals surface area contributed by atoms with Crippen molar-refractivity contribution < 1.29 is 53.4 Å². The molecule has 0 spiro atoms. The molecule has 4 aliphatic rings. The molecule has 0 saturated heterocycles. The summed E-state index contributed by atoms with van der Waals surface area (Å²) >= 11 is 8.64. The molecule has 88 heavy (non-hydrogen) atoms. The lowest BCUT2D eigenvalue weighted by atomic mass is 9.53. The van der Waals surface area contributed by atoms with Gasteiger partial charge in [-0.2, -0.15) is 25.3 Å². The number of amides is 9. The lowest BCUT2D eigenvalue weighted by Crippen LogP contribution is -2.61. The molecule has 23 nitrogen and oxygen atoms in total. The molecule has 3 aromatic carbocycles. The molecule has 16 N–H and O–H groups in total. The van der Waals surface area contributed by atoms with Crippen LogP contribution in [0.4, 0.5) is 0 Å². The molecule has 4 saturated carbocycles. The Hall–Kier alpha value is -7.19. The molecule has 4 aliphatic carbocycles. The fourth-order valence-corrected chi connectivity index (χ4v) is 13.4. The Labute approximate surface area is 524 Å². The predicted molar refractivity (Wildman–Crippen MR) is 339 cm³/mol. The van der Waals surface area contributed by atoms with Crippen LogP contribution in [-0.2, 0) is 62.4 Å². The number of aliphatic hydroxyl groups excluding tert-OH is 1. The molecule has 0 radical (unpaired) electrons. The molecule has 0 unspecified atom stereocenters. The first-order chi connectivity index (χ1) is 42.2. The number of carbonyl (C=O) groups excluding carboxylic acids is 9. The van der Waals surface area contributed by atoms with Crippen molar-refractivity contribution in [2.75, 3.05) is 24.6 Å². The minimum Gasteiger partial charge on any atom is -0.508 e. The van der Waals surface area contributed by atoms with Crippen LogP contribution in [0.15, 0.2) is 85.1 Å². The number of carbonyl (C=O) groups is 9. The van der Waals surface area contributed by atoms with E-state index < -0.39 is 102 Å². The molecule has 8 rings (SSSR count). The van der Waals surface area contributed by atoms with Crippen LogP contribution >= 0.6 is 25.3 Å². The topological polar surface area (TPSA) is 370 Å². The smallest absolute Gasteiger partial charge is 0.244 e. The number of hydrogen-bond acceptors (Lipinski definition) is 15. The second-order valence-corrected chi connectivity index (χ2v) is 24.8. The highest BCUT2D eigenvalue weighted by atomic mass is 32.1. The van der Waals surface area contributed by atoms with Crippen LogP contribution in [0.1, 0.15) is 108 Å². The standard InChI is InChI=1S/C63H88N12O11S2/c1-3-45(56(80)73-52(35-88)62(86)75-54(36(2)76)55(65)79)69-57(81)47(16-9-10-22-64)70-60(84)50(29-42-33-66-46-15-8-7-14-44(42)46)72-59(83)49(28-38-18-20-43(77)21-19-38)71-61(85)51(34-87)74-58(82)48(27-37-12-5-4-6-13-37)68-53(78)17-11-23-67-63-30-39-24-40(31-63)26-41(25-39)32-63/h4-8,12-15,18-21,33,36,39-41,45,47-52,54,66-67,76-77,87-88H,3,9-11,16-17,22-32,34-35,64H2,1-2H3,(H2,65,79)(H,68,78)(H,69,81)(H,70,84)(H,71,85)(H,72,83)(H,73,80)(H,74,82)(H,75,86)/t36-,39?,40?,41?,45+,47+,48-,49+,50-,51+,52+,54+,63?/m1/s1. The van der Waals surface area contributed by atoms with E-state index in [1.54, 1.807) is 25.3 Å². The van der Waals surface area contributed by atoms with Crippen molar-refractivity contribution in [2.24, 2.45) is 29.2 Å². The van der Waals surface area contributed by atoms with E-state index in [-0.39, 0.29) is 73.8 Å². The van der Waals surface area contributed by atoms with Gasteiger partial charge in [-0.3, -0.25) is 43.2 Å². The summed E-state index contributed by atoms with van der Waals surface area (Å²) in [6.07, 6.45) is 9.32. The predicted octanol–water partition coefficient (Wildman–Crippen LogP) is 1.38. The molecule has 25 heteroatoms. The van der Waals surface area contributed by atoms with Crippen molar-refractivity contribution in [1.82, 2.24) is 52.8 Å². The molecule has 4 fully saturated rings. The summed E-state index contributed by atoms with van der Waals surface area (Å²) in [7, 11) is 0. The summed E-state index contributed by atoms with van der Waals surface area (Å²) < 4.78 is 0. The summed E-state index contributed by atoms with van der Waals surface area (Å²) in [6.45, 7) is 3.80. The molecule has 4 aromatic rings. The van der Waals surface area contributed by atoms with Gasteiger partial charge in [-0.1, -0.05) is 67.6 Å². The van der Waals surface area contributed by atoms with E-state index in [4.69, 9.17) is 11.5 Å². The van der Waals surface area contributed by atoms with Gasteiger partial charge in [0.05, 0.1) is 6.10 Å². The van der Waals surface area contributed by atoms with E-state index in [1.807, 2.05) is 54.6 Å². The highest BCUT2D eigenvalue weighted by Gasteiger charge is 2.50. The number of primary amides is 1. The number of H-pyrrole nitrogens is 1. The lowest BCUT2D eigenvalue weighted by Gasteiger charge is -2.57. The van der Waals surface area contributed by atoms with E-state index in [0.717, 1.165) is 34.2 Å². The molecule has 1 aromatic heterocycles. The number of unbranched alkanes of at least 4 members (excludes halogenated alkanes) is 1. The summed E-state index contributed by atoms with van der Waals surface area (Å²) in [5, 5.41) is 46.3. The number of thiol groups is 2. The van der Waals surface area contributed by atoms with E-state index in [2.05, 4.69) is 78.1 Å². The number of hydrogen-bond donors (Lipinski definition) is 16. The molecular weight excluding hydrogens is 1160 g/mol. The molecule has 9 amide bonds. The minimum absolute atomic E-state index is 0.0226. The maximum Gasteiger partial charge on any atom is 0.244 e. The Morgan fingerprint density at radius 3 is 1.62 bits per heavy atom. The minimum atomic E-state index is -1.46.